The normalized spacial score (nSPS) is 16.7. The van der Waals surface area contributed by atoms with E-state index in [1.165, 1.54) is 12.1 Å². The number of carbonyl (C=O) groups excluding carboxylic acids is 1. The largest absolute Gasteiger partial charge is 0.434 e. The number of sulfone groups is 1. The SMILES string of the molecule is CC(C)[C@H]1c2nc3cc(CO)c(S(C)(=O)=O)cc3n2CCN1c1ncc(C(N)=O)c(C(F)(F)F)n1. The van der Waals surface area contributed by atoms with Gasteiger partial charge in [0, 0.05) is 25.5 Å². The molecule has 35 heavy (non-hydrogen) atoms. The Morgan fingerprint density at radius 1 is 1.26 bits per heavy atom. The summed E-state index contributed by atoms with van der Waals surface area (Å²) < 4.78 is 67.1. The van der Waals surface area contributed by atoms with E-state index >= 15 is 0 Å². The Labute approximate surface area is 198 Å². The van der Waals surface area contributed by atoms with Crippen LogP contribution in [0.15, 0.2) is 23.2 Å². The zero-order valence-corrected chi connectivity index (χ0v) is 19.9. The van der Waals surface area contributed by atoms with E-state index in [0.717, 1.165) is 12.5 Å². The first-order chi connectivity index (χ1) is 16.2. The van der Waals surface area contributed by atoms with Crippen LogP contribution in [0.2, 0.25) is 0 Å². The first-order valence-electron chi connectivity index (χ1n) is 10.6. The second kappa shape index (κ2) is 8.45. The van der Waals surface area contributed by atoms with Gasteiger partial charge in [-0.1, -0.05) is 13.8 Å². The maximum absolute atomic E-state index is 13.6. The van der Waals surface area contributed by atoms with Gasteiger partial charge in [-0.2, -0.15) is 13.2 Å². The van der Waals surface area contributed by atoms with Crippen LogP contribution >= 0.6 is 0 Å². The van der Waals surface area contributed by atoms with E-state index in [9.17, 15) is 31.5 Å². The van der Waals surface area contributed by atoms with Crippen LogP contribution in [0, 0.1) is 5.92 Å². The average Bonchev–Trinajstić information content (AvgIpc) is 3.13. The monoisotopic (exact) mass is 512 g/mol. The number of aliphatic hydroxyl groups is 1. The molecular formula is C21H23F3N6O4S. The lowest BCUT2D eigenvalue weighted by atomic mass is 10.00. The number of anilines is 1. The number of nitrogens with zero attached hydrogens (tertiary/aromatic N) is 5. The molecule has 188 valence electrons. The average molecular weight is 513 g/mol. The van der Waals surface area contributed by atoms with E-state index in [1.54, 1.807) is 4.90 Å². The highest BCUT2D eigenvalue weighted by molar-refractivity contribution is 7.90. The number of aromatic nitrogens is 4. The molecule has 1 aliphatic heterocycles. The molecule has 0 saturated carbocycles. The fraction of sp³-hybridized carbons (Fsp3) is 0.429. The van der Waals surface area contributed by atoms with E-state index in [-0.39, 0.29) is 35.4 Å². The lowest BCUT2D eigenvalue weighted by molar-refractivity contribution is -0.141. The lowest BCUT2D eigenvalue weighted by Gasteiger charge is -2.38. The van der Waals surface area contributed by atoms with Crippen LogP contribution in [0.1, 0.15) is 47.3 Å². The molecule has 10 nitrogen and oxygen atoms in total. The molecule has 0 fully saturated rings. The maximum Gasteiger partial charge on any atom is 0.434 e. The molecule has 3 N–H and O–H groups in total. The maximum atomic E-state index is 13.6. The number of hydrogen-bond acceptors (Lipinski definition) is 8. The van der Waals surface area contributed by atoms with E-state index in [1.807, 2.05) is 18.4 Å². The van der Waals surface area contributed by atoms with Crippen molar-refractivity contribution in [1.29, 1.82) is 0 Å². The van der Waals surface area contributed by atoms with Crippen LogP contribution in [0.5, 0.6) is 0 Å². The van der Waals surface area contributed by atoms with Gasteiger partial charge >= 0.3 is 6.18 Å². The van der Waals surface area contributed by atoms with Crippen LogP contribution in [-0.4, -0.2) is 51.8 Å². The van der Waals surface area contributed by atoms with E-state index in [4.69, 9.17) is 5.73 Å². The number of hydrogen-bond donors (Lipinski definition) is 2. The first-order valence-corrected chi connectivity index (χ1v) is 12.5. The standard InChI is InChI=1S/C21H23F3N6O4S/c1-10(2)16-19-27-13-6-11(9-31)15(35(3,33)34)7-14(13)29(19)4-5-30(16)20-26-8-12(18(25)32)17(28-20)21(22,23)24/h6-8,10,16,31H,4-5,9H2,1-3H3,(H2,25,32)/t16-/m0/s1. The quantitative estimate of drug-likeness (QED) is 0.529. The smallest absolute Gasteiger partial charge is 0.392 e. The van der Waals surface area contributed by atoms with Gasteiger partial charge in [0.1, 0.15) is 5.82 Å². The number of rotatable bonds is 5. The Bertz CT molecular complexity index is 1440. The van der Waals surface area contributed by atoms with Crippen LogP contribution < -0.4 is 10.6 Å². The Morgan fingerprint density at radius 3 is 2.49 bits per heavy atom. The number of alkyl halides is 3. The third-order valence-corrected chi connectivity index (χ3v) is 7.07. The van der Waals surface area contributed by atoms with Crippen molar-refractivity contribution in [3.63, 3.8) is 0 Å². The topological polar surface area (TPSA) is 144 Å². The number of primary amides is 1. The van der Waals surface area contributed by atoms with Gasteiger partial charge in [-0.15, -0.1) is 0 Å². The molecule has 1 amide bonds. The van der Waals surface area contributed by atoms with E-state index < -0.39 is 45.8 Å². The van der Waals surface area contributed by atoms with Crippen LogP contribution in [-0.2, 0) is 29.2 Å². The molecule has 1 atom stereocenters. The molecule has 0 aliphatic carbocycles. The molecular weight excluding hydrogens is 489 g/mol. The van der Waals surface area contributed by atoms with Crippen molar-refractivity contribution in [1.82, 2.24) is 19.5 Å². The van der Waals surface area contributed by atoms with Crippen molar-refractivity contribution >= 4 is 32.7 Å². The number of benzene rings is 1. The Kier molecular flexibility index (Phi) is 6.00. The summed E-state index contributed by atoms with van der Waals surface area (Å²) in [5, 5.41) is 9.68. The summed E-state index contributed by atoms with van der Waals surface area (Å²) in [6.45, 7) is 3.68. The highest BCUT2D eigenvalue weighted by atomic mass is 32.2. The predicted molar refractivity (Wildman–Crippen MR) is 119 cm³/mol. The molecule has 3 heterocycles. The minimum absolute atomic E-state index is 0.0149. The van der Waals surface area contributed by atoms with Crippen molar-refractivity contribution in [2.24, 2.45) is 11.7 Å². The summed E-state index contributed by atoms with van der Waals surface area (Å²) in [7, 11) is -3.63. The van der Waals surface area contributed by atoms with Gasteiger partial charge in [0.15, 0.2) is 15.5 Å². The number of imidazole rings is 1. The molecule has 2 aromatic heterocycles. The molecule has 4 rings (SSSR count). The third-order valence-electron chi connectivity index (χ3n) is 5.89. The number of amides is 1. The van der Waals surface area contributed by atoms with Gasteiger partial charge in [-0.05, 0) is 23.6 Å². The second-order valence-corrected chi connectivity index (χ2v) is 10.7. The fourth-order valence-electron chi connectivity index (χ4n) is 4.42. The minimum atomic E-state index is -4.92. The van der Waals surface area contributed by atoms with E-state index in [2.05, 4.69) is 15.0 Å². The van der Waals surface area contributed by atoms with Gasteiger partial charge in [0.05, 0.1) is 34.1 Å². The molecule has 0 spiro atoms. The predicted octanol–water partition coefficient (Wildman–Crippen LogP) is 2.06. The Balaban J connectivity index is 1.88. The Hall–Kier alpha value is -3.26. The molecule has 0 unspecified atom stereocenters. The Morgan fingerprint density at radius 2 is 1.94 bits per heavy atom. The third kappa shape index (κ3) is 4.31. The number of nitrogens with two attached hydrogens (primary N) is 1. The molecule has 14 heteroatoms. The van der Waals surface area contributed by atoms with Gasteiger partial charge in [0.2, 0.25) is 5.95 Å². The zero-order chi connectivity index (χ0) is 25.9. The van der Waals surface area contributed by atoms with Gasteiger partial charge < -0.3 is 20.3 Å². The van der Waals surface area contributed by atoms with Crippen LogP contribution in [0.3, 0.4) is 0 Å². The van der Waals surface area contributed by atoms with Crippen LogP contribution in [0.4, 0.5) is 19.1 Å². The van der Waals surface area contributed by atoms with Crippen molar-refractivity contribution in [3.8, 4) is 0 Å². The van der Waals surface area contributed by atoms with Crippen molar-refractivity contribution < 1.29 is 31.5 Å². The summed E-state index contributed by atoms with van der Waals surface area (Å²) in [6.07, 6.45) is -3.10. The molecule has 0 radical (unpaired) electrons. The number of halogens is 3. The fourth-order valence-corrected chi connectivity index (χ4v) is 5.34. The number of aliphatic hydroxyl groups excluding tert-OH is 1. The summed E-state index contributed by atoms with van der Waals surface area (Å²) in [4.78, 5) is 25.4. The lowest BCUT2D eigenvalue weighted by Crippen LogP contribution is -2.42. The highest BCUT2D eigenvalue weighted by Gasteiger charge is 2.40. The summed E-state index contributed by atoms with van der Waals surface area (Å²) in [6, 6.07) is 2.40. The van der Waals surface area contributed by atoms with Crippen molar-refractivity contribution in [3.05, 3.63) is 41.0 Å². The highest BCUT2D eigenvalue weighted by Crippen LogP contribution is 2.38. The molecule has 0 saturated heterocycles. The minimum Gasteiger partial charge on any atom is -0.392 e. The van der Waals surface area contributed by atoms with E-state index in [0.29, 0.717) is 16.9 Å². The molecule has 1 aliphatic rings. The van der Waals surface area contributed by atoms with Gasteiger partial charge in [0.25, 0.3) is 5.91 Å². The summed E-state index contributed by atoms with van der Waals surface area (Å²) in [5.41, 5.74) is 4.03. The zero-order valence-electron chi connectivity index (χ0n) is 19.0. The summed E-state index contributed by atoms with van der Waals surface area (Å²) in [5.74, 6) is -1.18. The summed E-state index contributed by atoms with van der Waals surface area (Å²) >= 11 is 0. The molecule has 0 bridgehead atoms. The van der Waals surface area contributed by atoms with Crippen molar-refractivity contribution in [2.75, 3.05) is 17.7 Å². The molecule has 3 aromatic rings. The van der Waals surface area contributed by atoms with Crippen LogP contribution in [0.25, 0.3) is 11.0 Å². The molecule has 1 aromatic carbocycles. The number of carbonyl (C=O) groups is 1. The van der Waals surface area contributed by atoms with Crippen molar-refractivity contribution in [2.45, 2.75) is 44.1 Å². The first kappa shape index (κ1) is 24.9. The number of fused-ring (bicyclic) bond motifs is 3. The van der Waals surface area contributed by atoms with Gasteiger partial charge in [-0.3, -0.25) is 4.79 Å². The second-order valence-electron chi connectivity index (χ2n) is 8.68. The van der Waals surface area contributed by atoms with Gasteiger partial charge in [-0.25, -0.2) is 23.4 Å².